The molecule has 2 aromatic carbocycles. The highest BCUT2D eigenvalue weighted by Crippen LogP contribution is 2.38. The third-order valence-electron chi connectivity index (χ3n) is 2.93. The molecule has 0 aliphatic rings. The average Bonchev–Trinajstić information content (AvgIpc) is 2.42. The van der Waals surface area contributed by atoms with Crippen LogP contribution in [0.25, 0.3) is 0 Å². The summed E-state index contributed by atoms with van der Waals surface area (Å²) in [6.07, 6.45) is 0. The lowest BCUT2D eigenvalue weighted by molar-refractivity contribution is 0.405. The number of hydrogen-bond acceptors (Lipinski definition) is 5. The maximum absolute atomic E-state index is 11.6. The van der Waals surface area contributed by atoms with Gasteiger partial charge in [0.1, 0.15) is 5.75 Å². The Morgan fingerprint density at radius 2 is 1.81 bits per heavy atom. The van der Waals surface area contributed by atoms with Gasteiger partial charge in [-0.25, -0.2) is 13.6 Å². The summed E-state index contributed by atoms with van der Waals surface area (Å²) >= 11 is 1.38. The molecule has 2 rings (SSSR count). The highest BCUT2D eigenvalue weighted by atomic mass is 32.2. The van der Waals surface area contributed by atoms with E-state index in [4.69, 9.17) is 15.6 Å². The number of nitrogens with two attached hydrogens (primary N) is 2. The van der Waals surface area contributed by atoms with Gasteiger partial charge in [-0.3, -0.25) is 0 Å². The van der Waals surface area contributed by atoms with Crippen LogP contribution in [0, 0.1) is 6.92 Å². The molecule has 0 aromatic heterocycles. The molecule has 0 amide bonds. The van der Waals surface area contributed by atoms with E-state index in [2.05, 4.69) is 0 Å². The SMILES string of the molecule is COc1ccccc1Sc1cc(N)cc(S(N)(=O)=O)c1C. The third kappa shape index (κ3) is 3.49. The second kappa shape index (κ2) is 5.97. The summed E-state index contributed by atoms with van der Waals surface area (Å²) < 4.78 is 28.5. The van der Waals surface area contributed by atoms with Crippen molar-refractivity contribution in [1.82, 2.24) is 0 Å². The van der Waals surface area contributed by atoms with Crippen molar-refractivity contribution in [3.63, 3.8) is 0 Å². The van der Waals surface area contributed by atoms with Crippen LogP contribution in [-0.4, -0.2) is 15.5 Å². The van der Waals surface area contributed by atoms with Crippen LogP contribution in [-0.2, 0) is 10.0 Å². The third-order valence-corrected chi connectivity index (χ3v) is 5.17. The number of para-hydroxylation sites is 1. The molecule has 0 bridgehead atoms. The second-order valence-corrected chi connectivity index (χ2v) is 7.05. The first-order valence-corrected chi connectivity index (χ1v) is 8.43. The second-order valence-electron chi connectivity index (χ2n) is 4.44. The quantitative estimate of drug-likeness (QED) is 0.842. The number of anilines is 1. The summed E-state index contributed by atoms with van der Waals surface area (Å²) in [6.45, 7) is 1.71. The standard InChI is InChI=1S/C14H16N2O3S2/c1-9-13(7-10(15)8-14(9)21(16,17)18)20-12-6-4-3-5-11(12)19-2/h3-8H,15H2,1-2H3,(H2,16,17,18). The Morgan fingerprint density at radius 1 is 1.14 bits per heavy atom. The van der Waals surface area contributed by atoms with E-state index in [1.165, 1.54) is 17.8 Å². The van der Waals surface area contributed by atoms with Gasteiger partial charge >= 0.3 is 0 Å². The molecule has 4 N–H and O–H groups in total. The molecule has 21 heavy (non-hydrogen) atoms. The maximum atomic E-state index is 11.6. The largest absolute Gasteiger partial charge is 0.496 e. The molecule has 0 aliphatic heterocycles. The minimum Gasteiger partial charge on any atom is -0.496 e. The number of ether oxygens (including phenoxy) is 1. The zero-order valence-corrected chi connectivity index (χ0v) is 13.3. The lowest BCUT2D eigenvalue weighted by Crippen LogP contribution is -2.14. The summed E-state index contributed by atoms with van der Waals surface area (Å²) in [5.41, 5.74) is 6.71. The summed E-state index contributed by atoms with van der Waals surface area (Å²) in [5.74, 6) is 0.710. The molecule has 5 nitrogen and oxygen atoms in total. The Kier molecular flexibility index (Phi) is 4.46. The van der Waals surface area contributed by atoms with Crippen molar-refractivity contribution in [2.45, 2.75) is 21.6 Å². The number of hydrogen-bond donors (Lipinski definition) is 2. The van der Waals surface area contributed by atoms with Crippen molar-refractivity contribution in [2.24, 2.45) is 5.14 Å². The van der Waals surface area contributed by atoms with E-state index in [1.807, 2.05) is 24.3 Å². The maximum Gasteiger partial charge on any atom is 0.238 e. The fourth-order valence-electron chi connectivity index (χ4n) is 1.91. The lowest BCUT2D eigenvalue weighted by Gasteiger charge is -2.13. The van der Waals surface area contributed by atoms with Crippen LogP contribution in [0.2, 0.25) is 0 Å². The van der Waals surface area contributed by atoms with Crippen molar-refractivity contribution in [2.75, 3.05) is 12.8 Å². The van der Waals surface area contributed by atoms with Gasteiger partial charge in [0.2, 0.25) is 10.0 Å². The summed E-state index contributed by atoms with van der Waals surface area (Å²) in [4.78, 5) is 1.64. The predicted octanol–water partition coefficient (Wildman–Crippen LogP) is 2.38. The van der Waals surface area contributed by atoms with Crippen molar-refractivity contribution in [3.05, 3.63) is 42.0 Å². The molecule has 7 heteroatoms. The van der Waals surface area contributed by atoms with Crippen LogP contribution >= 0.6 is 11.8 Å². The Bertz CT molecular complexity index is 774. The van der Waals surface area contributed by atoms with E-state index in [0.29, 0.717) is 17.0 Å². The van der Waals surface area contributed by atoms with E-state index >= 15 is 0 Å². The van der Waals surface area contributed by atoms with Crippen molar-refractivity contribution in [3.8, 4) is 5.75 Å². The molecule has 0 saturated heterocycles. The number of methoxy groups -OCH3 is 1. The Labute approximate surface area is 128 Å². The smallest absolute Gasteiger partial charge is 0.238 e. The van der Waals surface area contributed by atoms with Crippen molar-refractivity contribution >= 4 is 27.5 Å². The van der Waals surface area contributed by atoms with E-state index in [1.54, 1.807) is 20.1 Å². The van der Waals surface area contributed by atoms with Crippen molar-refractivity contribution < 1.29 is 13.2 Å². The van der Waals surface area contributed by atoms with Crippen LogP contribution in [0.1, 0.15) is 5.56 Å². The number of rotatable bonds is 4. The van der Waals surface area contributed by atoms with Crippen LogP contribution in [0.5, 0.6) is 5.75 Å². The molecule has 0 radical (unpaired) electrons. The molecule has 112 valence electrons. The van der Waals surface area contributed by atoms with E-state index < -0.39 is 10.0 Å². The first-order chi connectivity index (χ1) is 9.82. The van der Waals surface area contributed by atoms with Gasteiger partial charge in [0, 0.05) is 10.6 Å². The van der Waals surface area contributed by atoms with Gasteiger partial charge in [-0.15, -0.1) is 0 Å². The highest BCUT2D eigenvalue weighted by Gasteiger charge is 2.17. The monoisotopic (exact) mass is 324 g/mol. The highest BCUT2D eigenvalue weighted by molar-refractivity contribution is 7.99. The van der Waals surface area contributed by atoms with Gasteiger partial charge in [-0.1, -0.05) is 23.9 Å². The predicted molar refractivity (Wildman–Crippen MR) is 84.1 cm³/mol. The molecule has 0 unspecified atom stereocenters. The van der Waals surface area contributed by atoms with Gasteiger partial charge in [0.05, 0.1) is 16.9 Å². The number of benzene rings is 2. The van der Waals surface area contributed by atoms with Gasteiger partial charge in [0.15, 0.2) is 0 Å². The molecule has 0 saturated carbocycles. The zero-order valence-electron chi connectivity index (χ0n) is 11.7. The number of primary sulfonamides is 1. The summed E-state index contributed by atoms with van der Waals surface area (Å²) in [6, 6.07) is 10.6. The fraction of sp³-hybridized carbons (Fsp3) is 0.143. The normalized spacial score (nSPS) is 11.4. The van der Waals surface area contributed by atoms with E-state index in [0.717, 1.165) is 9.79 Å². The van der Waals surface area contributed by atoms with Crippen LogP contribution in [0.3, 0.4) is 0 Å². The first kappa shape index (κ1) is 15.7. The Morgan fingerprint density at radius 3 is 2.43 bits per heavy atom. The molecule has 2 aromatic rings. The molecule has 0 fully saturated rings. The Hall–Kier alpha value is -1.70. The minimum atomic E-state index is -3.81. The molecule has 0 heterocycles. The molecular weight excluding hydrogens is 308 g/mol. The minimum absolute atomic E-state index is 0.0416. The number of nitrogen functional groups attached to an aromatic ring is 1. The molecular formula is C14H16N2O3S2. The summed E-state index contributed by atoms with van der Waals surface area (Å²) in [5, 5.41) is 5.23. The average molecular weight is 324 g/mol. The van der Waals surface area contributed by atoms with Crippen LogP contribution < -0.4 is 15.6 Å². The van der Waals surface area contributed by atoms with Crippen LogP contribution in [0.15, 0.2) is 51.1 Å². The first-order valence-electron chi connectivity index (χ1n) is 6.06. The zero-order chi connectivity index (χ0) is 15.6. The Balaban J connectivity index is 2.53. The molecule has 0 atom stereocenters. The molecule has 0 aliphatic carbocycles. The van der Waals surface area contributed by atoms with Crippen molar-refractivity contribution in [1.29, 1.82) is 0 Å². The lowest BCUT2D eigenvalue weighted by atomic mass is 10.2. The van der Waals surface area contributed by atoms with E-state index in [9.17, 15) is 8.42 Å². The summed E-state index contributed by atoms with van der Waals surface area (Å²) in [7, 11) is -2.23. The van der Waals surface area contributed by atoms with Gasteiger partial charge in [-0.2, -0.15) is 0 Å². The molecule has 0 spiro atoms. The fourth-order valence-corrected chi connectivity index (χ4v) is 3.90. The van der Waals surface area contributed by atoms with E-state index in [-0.39, 0.29) is 4.90 Å². The van der Waals surface area contributed by atoms with Gasteiger partial charge in [-0.05, 0) is 36.8 Å². The topological polar surface area (TPSA) is 95.4 Å². The number of sulfonamides is 1. The van der Waals surface area contributed by atoms with Gasteiger partial charge in [0.25, 0.3) is 0 Å². The van der Waals surface area contributed by atoms with Gasteiger partial charge < -0.3 is 10.5 Å². The van der Waals surface area contributed by atoms with Crippen LogP contribution in [0.4, 0.5) is 5.69 Å².